The summed E-state index contributed by atoms with van der Waals surface area (Å²) in [7, 11) is 0. The normalized spacial score (nSPS) is 18.0. The summed E-state index contributed by atoms with van der Waals surface area (Å²) >= 11 is 0. The summed E-state index contributed by atoms with van der Waals surface area (Å²) < 4.78 is 56.4. The molecule has 3 rings (SSSR count). The third kappa shape index (κ3) is 3.03. The summed E-state index contributed by atoms with van der Waals surface area (Å²) in [6, 6.07) is 5.33. The second kappa shape index (κ2) is 6.19. The van der Waals surface area contributed by atoms with Crippen LogP contribution < -0.4 is 0 Å². The molecule has 0 radical (unpaired) electrons. The second-order valence-corrected chi connectivity index (χ2v) is 6.02. The predicted octanol–water partition coefficient (Wildman–Crippen LogP) is 6.11. The number of halogens is 4. The molecule has 2 aromatic carbocycles. The van der Waals surface area contributed by atoms with Gasteiger partial charge in [-0.1, -0.05) is 19.1 Å². The first kappa shape index (κ1) is 15.8. The zero-order chi connectivity index (χ0) is 16.6. The van der Waals surface area contributed by atoms with Gasteiger partial charge in [-0.05, 0) is 60.6 Å². The van der Waals surface area contributed by atoms with Crippen molar-refractivity contribution in [2.24, 2.45) is 5.92 Å². The molecule has 0 aromatic heterocycles. The molecule has 4 heteroatoms. The molecule has 2 aromatic rings. The van der Waals surface area contributed by atoms with E-state index in [0.29, 0.717) is 17.9 Å². The standard InChI is InChI=1S/C19H16F4/c1-11-5-7-12(8-6-11)18-16(22)9-13(10-17(18)23)19-14(20)3-2-4-15(19)21/h2-4,7,9-11H,5-6,8H2,1H3. The lowest BCUT2D eigenvalue weighted by Crippen LogP contribution is -2.05. The molecule has 1 unspecified atom stereocenters. The van der Waals surface area contributed by atoms with Gasteiger partial charge in [0.1, 0.15) is 23.3 Å². The molecular weight excluding hydrogens is 304 g/mol. The summed E-state index contributed by atoms with van der Waals surface area (Å²) in [5, 5.41) is 0. The summed E-state index contributed by atoms with van der Waals surface area (Å²) in [5.41, 5.74) is -0.0109. The second-order valence-electron chi connectivity index (χ2n) is 6.02. The number of rotatable bonds is 2. The molecule has 120 valence electrons. The van der Waals surface area contributed by atoms with Gasteiger partial charge < -0.3 is 0 Å². The quantitative estimate of drug-likeness (QED) is 0.585. The van der Waals surface area contributed by atoms with Crippen molar-refractivity contribution in [1.29, 1.82) is 0 Å². The van der Waals surface area contributed by atoms with Crippen molar-refractivity contribution in [3.05, 3.63) is 65.2 Å². The molecule has 1 atom stereocenters. The lowest BCUT2D eigenvalue weighted by atomic mass is 9.86. The maximum absolute atomic E-state index is 14.4. The van der Waals surface area contributed by atoms with Crippen LogP contribution in [0.15, 0.2) is 36.4 Å². The van der Waals surface area contributed by atoms with Gasteiger partial charge in [0.05, 0.1) is 5.56 Å². The smallest absolute Gasteiger partial charge is 0.134 e. The minimum atomic E-state index is -0.845. The van der Waals surface area contributed by atoms with E-state index in [1.807, 2.05) is 6.08 Å². The molecule has 0 amide bonds. The van der Waals surface area contributed by atoms with Crippen LogP contribution in [0.3, 0.4) is 0 Å². The van der Waals surface area contributed by atoms with E-state index in [9.17, 15) is 17.6 Å². The predicted molar refractivity (Wildman–Crippen MR) is 82.7 cm³/mol. The van der Waals surface area contributed by atoms with Gasteiger partial charge in [0.2, 0.25) is 0 Å². The van der Waals surface area contributed by atoms with E-state index in [1.165, 1.54) is 6.07 Å². The molecule has 0 aliphatic heterocycles. The monoisotopic (exact) mass is 320 g/mol. The van der Waals surface area contributed by atoms with Crippen molar-refractivity contribution < 1.29 is 17.6 Å². The minimum absolute atomic E-state index is 0.0857. The third-order valence-electron chi connectivity index (χ3n) is 4.29. The molecule has 0 nitrogen and oxygen atoms in total. The Kier molecular flexibility index (Phi) is 4.24. The Bertz CT molecular complexity index is 734. The zero-order valence-electron chi connectivity index (χ0n) is 12.7. The molecule has 0 fully saturated rings. The Morgan fingerprint density at radius 1 is 0.870 bits per heavy atom. The Morgan fingerprint density at radius 2 is 1.48 bits per heavy atom. The highest BCUT2D eigenvalue weighted by Gasteiger charge is 2.21. The van der Waals surface area contributed by atoms with Crippen LogP contribution in [-0.4, -0.2) is 0 Å². The molecule has 0 spiro atoms. The average Bonchev–Trinajstić information content (AvgIpc) is 2.48. The topological polar surface area (TPSA) is 0 Å². The van der Waals surface area contributed by atoms with E-state index in [1.54, 1.807) is 0 Å². The minimum Gasteiger partial charge on any atom is -0.206 e. The molecule has 1 aliphatic rings. The van der Waals surface area contributed by atoms with Crippen LogP contribution in [0.5, 0.6) is 0 Å². The zero-order valence-corrected chi connectivity index (χ0v) is 12.7. The fourth-order valence-corrected chi connectivity index (χ4v) is 2.99. The molecule has 1 aliphatic carbocycles. The van der Waals surface area contributed by atoms with Crippen LogP contribution in [0.25, 0.3) is 16.7 Å². The molecule has 23 heavy (non-hydrogen) atoms. The van der Waals surface area contributed by atoms with Crippen LogP contribution in [0.2, 0.25) is 0 Å². The number of hydrogen-bond acceptors (Lipinski definition) is 0. The van der Waals surface area contributed by atoms with Gasteiger partial charge in [0.15, 0.2) is 0 Å². The largest absolute Gasteiger partial charge is 0.206 e. The molecule has 0 heterocycles. The van der Waals surface area contributed by atoms with E-state index in [0.717, 1.165) is 37.1 Å². The summed E-state index contributed by atoms with van der Waals surface area (Å²) in [5.74, 6) is -2.77. The Morgan fingerprint density at radius 3 is 2.00 bits per heavy atom. The Hall–Kier alpha value is -2.10. The fourth-order valence-electron chi connectivity index (χ4n) is 2.99. The van der Waals surface area contributed by atoms with Gasteiger partial charge >= 0.3 is 0 Å². The van der Waals surface area contributed by atoms with Crippen LogP contribution in [-0.2, 0) is 0 Å². The van der Waals surface area contributed by atoms with Gasteiger partial charge in [-0.3, -0.25) is 0 Å². The highest BCUT2D eigenvalue weighted by molar-refractivity contribution is 5.72. The Balaban J connectivity index is 2.08. The highest BCUT2D eigenvalue weighted by Crippen LogP contribution is 2.35. The molecule has 0 N–H and O–H groups in total. The van der Waals surface area contributed by atoms with Gasteiger partial charge in [0, 0.05) is 5.56 Å². The number of allylic oxidation sites excluding steroid dienone is 2. The first-order chi connectivity index (χ1) is 11.0. The highest BCUT2D eigenvalue weighted by atomic mass is 19.1. The molecular formula is C19H16F4. The first-order valence-corrected chi connectivity index (χ1v) is 7.60. The SMILES string of the molecule is CC1CC=C(c2c(F)cc(-c3c(F)cccc3F)cc2F)CC1. The summed E-state index contributed by atoms with van der Waals surface area (Å²) in [6.45, 7) is 2.09. The summed E-state index contributed by atoms with van der Waals surface area (Å²) in [6.07, 6.45) is 4.09. The van der Waals surface area contributed by atoms with E-state index < -0.39 is 28.8 Å². The first-order valence-electron chi connectivity index (χ1n) is 7.60. The molecule has 0 saturated carbocycles. The van der Waals surface area contributed by atoms with Crippen molar-refractivity contribution in [2.75, 3.05) is 0 Å². The lowest BCUT2D eigenvalue weighted by molar-refractivity contribution is 0.525. The van der Waals surface area contributed by atoms with Crippen molar-refractivity contribution in [3.63, 3.8) is 0 Å². The van der Waals surface area contributed by atoms with Crippen LogP contribution >= 0.6 is 0 Å². The van der Waals surface area contributed by atoms with Crippen LogP contribution in [0, 0.1) is 29.2 Å². The van der Waals surface area contributed by atoms with Crippen molar-refractivity contribution in [2.45, 2.75) is 26.2 Å². The van der Waals surface area contributed by atoms with E-state index >= 15 is 0 Å². The van der Waals surface area contributed by atoms with E-state index in [2.05, 4.69) is 6.92 Å². The number of benzene rings is 2. The van der Waals surface area contributed by atoms with E-state index in [4.69, 9.17) is 0 Å². The molecule has 0 saturated heterocycles. The van der Waals surface area contributed by atoms with E-state index in [-0.39, 0.29) is 11.1 Å². The maximum Gasteiger partial charge on any atom is 0.134 e. The average molecular weight is 320 g/mol. The van der Waals surface area contributed by atoms with Crippen molar-refractivity contribution in [3.8, 4) is 11.1 Å². The van der Waals surface area contributed by atoms with Gasteiger partial charge in [-0.15, -0.1) is 0 Å². The van der Waals surface area contributed by atoms with Crippen molar-refractivity contribution in [1.82, 2.24) is 0 Å². The van der Waals surface area contributed by atoms with Crippen LogP contribution in [0.1, 0.15) is 31.7 Å². The number of hydrogen-bond donors (Lipinski definition) is 0. The maximum atomic E-state index is 14.4. The van der Waals surface area contributed by atoms with Gasteiger partial charge in [0.25, 0.3) is 0 Å². The van der Waals surface area contributed by atoms with Gasteiger partial charge in [-0.25, -0.2) is 17.6 Å². The third-order valence-corrected chi connectivity index (χ3v) is 4.29. The molecule has 0 bridgehead atoms. The summed E-state index contributed by atoms with van der Waals surface area (Å²) in [4.78, 5) is 0. The van der Waals surface area contributed by atoms with Crippen molar-refractivity contribution >= 4 is 5.57 Å². The fraction of sp³-hybridized carbons (Fsp3) is 0.263. The lowest BCUT2D eigenvalue weighted by Gasteiger charge is -2.19. The van der Waals surface area contributed by atoms with Crippen LogP contribution in [0.4, 0.5) is 17.6 Å². The van der Waals surface area contributed by atoms with Gasteiger partial charge in [-0.2, -0.15) is 0 Å². The Labute approximate surface area is 132 Å².